The maximum absolute atomic E-state index is 13.1. The Bertz CT molecular complexity index is 804. The third kappa shape index (κ3) is 5.34. The van der Waals surface area contributed by atoms with Gasteiger partial charge in [0.15, 0.2) is 0 Å². The van der Waals surface area contributed by atoms with Gasteiger partial charge in [-0.05, 0) is 61.3 Å². The van der Waals surface area contributed by atoms with Gasteiger partial charge in [0.05, 0.1) is 19.1 Å². The van der Waals surface area contributed by atoms with Crippen LogP contribution in [0.2, 0.25) is 0 Å². The van der Waals surface area contributed by atoms with Crippen LogP contribution in [-0.2, 0) is 16.1 Å². The fourth-order valence-electron chi connectivity index (χ4n) is 4.08. The summed E-state index contributed by atoms with van der Waals surface area (Å²) < 4.78 is 18.5. The van der Waals surface area contributed by atoms with Crippen LogP contribution in [0.15, 0.2) is 48.5 Å². The highest BCUT2D eigenvalue weighted by Crippen LogP contribution is 2.23. The molecule has 2 saturated heterocycles. The zero-order valence-electron chi connectivity index (χ0n) is 16.6. The maximum atomic E-state index is 13.1. The lowest BCUT2D eigenvalue weighted by Crippen LogP contribution is -2.40. The molecule has 29 heavy (non-hydrogen) atoms. The van der Waals surface area contributed by atoms with E-state index < -0.39 is 0 Å². The van der Waals surface area contributed by atoms with Crippen LogP contribution < -0.4 is 10.2 Å². The molecule has 154 valence electrons. The van der Waals surface area contributed by atoms with Crippen molar-refractivity contribution in [3.63, 3.8) is 0 Å². The third-order valence-corrected chi connectivity index (χ3v) is 5.71. The molecular formula is C23H28FN3O2. The van der Waals surface area contributed by atoms with Gasteiger partial charge in [-0.1, -0.05) is 12.1 Å². The summed E-state index contributed by atoms with van der Waals surface area (Å²) >= 11 is 0. The number of carbonyl (C=O) groups excluding carboxylic acids is 1. The van der Waals surface area contributed by atoms with Gasteiger partial charge in [0.25, 0.3) is 0 Å². The molecular weight excluding hydrogens is 369 g/mol. The second-order valence-electron chi connectivity index (χ2n) is 7.84. The molecule has 0 radical (unpaired) electrons. The normalized spacial score (nSPS) is 20.4. The number of nitrogens with zero attached hydrogens (tertiary/aromatic N) is 2. The zero-order chi connectivity index (χ0) is 20.1. The number of carbonyl (C=O) groups is 1. The highest BCUT2D eigenvalue weighted by molar-refractivity contribution is 5.92. The van der Waals surface area contributed by atoms with E-state index in [4.69, 9.17) is 4.74 Å². The summed E-state index contributed by atoms with van der Waals surface area (Å²) in [5.74, 6) is -0.166. The van der Waals surface area contributed by atoms with Crippen molar-refractivity contribution in [3.05, 3.63) is 59.9 Å². The van der Waals surface area contributed by atoms with Crippen molar-refractivity contribution in [3.8, 4) is 0 Å². The summed E-state index contributed by atoms with van der Waals surface area (Å²) in [4.78, 5) is 17.4. The Labute approximate surface area is 171 Å². The van der Waals surface area contributed by atoms with Crippen LogP contribution in [0.1, 0.15) is 18.4 Å². The van der Waals surface area contributed by atoms with Gasteiger partial charge in [-0.3, -0.25) is 9.69 Å². The van der Waals surface area contributed by atoms with Gasteiger partial charge in [0.1, 0.15) is 5.82 Å². The van der Waals surface area contributed by atoms with E-state index in [0.29, 0.717) is 0 Å². The van der Waals surface area contributed by atoms with Gasteiger partial charge in [-0.15, -0.1) is 0 Å². The minimum absolute atomic E-state index is 0.0249. The predicted molar refractivity (Wildman–Crippen MR) is 113 cm³/mol. The molecule has 0 aliphatic carbocycles. The molecule has 2 heterocycles. The van der Waals surface area contributed by atoms with Gasteiger partial charge in [0, 0.05) is 37.6 Å². The number of amides is 1. The Hall–Kier alpha value is -2.44. The van der Waals surface area contributed by atoms with Crippen molar-refractivity contribution in [2.24, 2.45) is 5.92 Å². The van der Waals surface area contributed by atoms with Gasteiger partial charge in [0.2, 0.25) is 5.91 Å². The van der Waals surface area contributed by atoms with Crippen molar-refractivity contribution in [1.82, 2.24) is 4.90 Å². The fraction of sp³-hybridized carbons (Fsp3) is 0.435. The van der Waals surface area contributed by atoms with E-state index in [2.05, 4.69) is 27.2 Å². The molecule has 1 atom stereocenters. The number of benzene rings is 2. The van der Waals surface area contributed by atoms with Gasteiger partial charge in [-0.25, -0.2) is 4.39 Å². The highest BCUT2D eigenvalue weighted by atomic mass is 19.1. The Balaban J connectivity index is 1.31. The fourth-order valence-corrected chi connectivity index (χ4v) is 4.08. The lowest BCUT2D eigenvalue weighted by atomic mass is 9.96. The molecule has 0 spiro atoms. The summed E-state index contributed by atoms with van der Waals surface area (Å²) in [7, 11) is 0. The summed E-state index contributed by atoms with van der Waals surface area (Å²) in [5, 5.41) is 3.08. The number of morpholine rings is 1. The second-order valence-corrected chi connectivity index (χ2v) is 7.84. The van der Waals surface area contributed by atoms with Gasteiger partial charge >= 0.3 is 0 Å². The first-order valence-electron chi connectivity index (χ1n) is 10.4. The molecule has 2 aromatic carbocycles. The second kappa shape index (κ2) is 9.37. The molecule has 1 unspecified atom stereocenters. The lowest BCUT2D eigenvalue weighted by Gasteiger charge is -2.32. The number of hydrogen-bond acceptors (Lipinski definition) is 4. The Morgan fingerprint density at radius 3 is 2.48 bits per heavy atom. The molecule has 2 aliphatic heterocycles. The molecule has 2 fully saturated rings. The van der Waals surface area contributed by atoms with Crippen molar-refractivity contribution in [2.75, 3.05) is 49.6 Å². The number of halogens is 1. The summed E-state index contributed by atoms with van der Waals surface area (Å²) in [6, 6.07) is 14.7. The zero-order valence-corrected chi connectivity index (χ0v) is 16.6. The summed E-state index contributed by atoms with van der Waals surface area (Å²) in [6.07, 6.45) is 1.90. The van der Waals surface area contributed by atoms with Crippen LogP contribution in [0, 0.1) is 11.7 Å². The number of ether oxygens (including phenoxy) is 1. The van der Waals surface area contributed by atoms with Crippen LogP contribution in [-0.4, -0.2) is 50.2 Å². The Morgan fingerprint density at radius 1 is 1.03 bits per heavy atom. The largest absolute Gasteiger partial charge is 0.378 e. The standard InChI is InChI=1S/C23H28FN3O2/c24-20-5-3-18(4-6-20)16-26-11-1-2-19(17-26)23(28)25-21-7-9-22(10-8-21)27-12-14-29-15-13-27/h3-10,19H,1-2,11-17H2,(H,25,28). The lowest BCUT2D eigenvalue weighted by molar-refractivity contribution is -0.121. The third-order valence-electron chi connectivity index (χ3n) is 5.71. The number of nitrogens with one attached hydrogen (secondary N) is 1. The van der Waals surface area contributed by atoms with E-state index >= 15 is 0 Å². The maximum Gasteiger partial charge on any atom is 0.228 e. The van der Waals surface area contributed by atoms with Crippen LogP contribution >= 0.6 is 0 Å². The van der Waals surface area contributed by atoms with Gasteiger partial charge < -0.3 is 15.0 Å². The number of rotatable bonds is 5. The quantitative estimate of drug-likeness (QED) is 0.839. The highest BCUT2D eigenvalue weighted by Gasteiger charge is 2.26. The van der Waals surface area contributed by atoms with E-state index in [0.717, 1.165) is 75.7 Å². The number of anilines is 2. The van der Waals surface area contributed by atoms with Crippen molar-refractivity contribution >= 4 is 17.3 Å². The number of piperidine rings is 1. The molecule has 4 rings (SSSR count). The van der Waals surface area contributed by atoms with Crippen LogP contribution in [0.25, 0.3) is 0 Å². The van der Waals surface area contributed by atoms with Crippen LogP contribution in [0.3, 0.4) is 0 Å². The van der Waals surface area contributed by atoms with Crippen molar-refractivity contribution < 1.29 is 13.9 Å². The summed E-state index contributed by atoms with van der Waals surface area (Å²) in [6.45, 7) is 5.77. The topological polar surface area (TPSA) is 44.8 Å². The van der Waals surface area contributed by atoms with Crippen molar-refractivity contribution in [2.45, 2.75) is 19.4 Å². The Kier molecular flexibility index (Phi) is 6.42. The smallest absolute Gasteiger partial charge is 0.228 e. The van der Waals surface area contributed by atoms with E-state index in [1.165, 1.54) is 12.1 Å². The minimum atomic E-state index is -0.218. The molecule has 2 aromatic rings. The molecule has 0 bridgehead atoms. The molecule has 1 amide bonds. The average Bonchev–Trinajstić information content (AvgIpc) is 2.77. The molecule has 6 heteroatoms. The number of likely N-dealkylation sites (tertiary alicyclic amines) is 1. The first kappa shape index (κ1) is 19.9. The van der Waals surface area contributed by atoms with Gasteiger partial charge in [-0.2, -0.15) is 0 Å². The monoisotopic (exact) mass is 397 g/mol. The minimum Gasteiger partial charge on any atom is -0.378 e. The van der Waals surface area contributed by atoms with Crippen LogP contribution in [0.4, 0.5) is 15.8 Å². The average molecular weight is 397 g/mol. The van der Waals surface area contributed by atoms with E-state index in [-0.39, 0.29) is 17.6 Å². The molecule has 1 N–H and O–H groups in total. The SMILES string of the molecule is O=C(Nc1ccc(N2CCOCC2)cc1)C1CCCN(Cc2ccc(F)cc2)C1. The summed E-state index contributed by atoms with van der Waals surface area (Å²) in [5.41, 5.74) is 3.07. The predicted octanol–water partition coefficient (Wildman–Crippen LogP) is 3.51. The van der Waals surface area contributed by atoms with Crippen LogP contribution in [0.5, 0.6) is 0 Å². The molecule has 0 saturated carbocycles. The molecule has 5 nitrogen and oxygen atoms in total. The first-order chi connectivity index (χ1) is 14.2. The van der Waals surface area contributed by atoms with E-state index in [9.17, 15) is 9.18 Å². The Morgan fingerprint density at radius 2 is 1.76 bits per heavy atom. The molecule has 0 aromatic heterocycles. The first-order valence-corrected chi connectivity index (χ1v) is 10.4. The van der Waals surface area contributed by atoms with Crippen molar-refractivity contribution in [1.29, 1.82) is 0 Å². The van der Waals surface area contributed by atoms with E-state index in [1.54, 1.807) is 0 Å². The molecule has 2 aliphatic rings. The van der Waals surface area contributed by atoms with E-state index in [1.807, 2.05) is 24.3 Å². The number of hydrogen-bond donors (Lipinski definition) is 1.